The standard InChI is InChI=1S/C20H18F2N4O3/c1-23-19(28)18(11-7-8-14(21)15(22)9-11)24-17(27)10-16-12-5-3-4-6-13(12)20(29)26(2)25-16/h3-9,18H,10H2,1-2H3,(H,23,28)(H,24,27). The Morgan fingerprint density at radius 2 is 1.79 bits per heavy atom. The first-order chi connectivity index (χ1) is 13.8. The van der Waals surface area contributed by atoms with Gasteiger partial charge in [-0.15, -0.1) is 0 Å². The van der Waals surface area contributed by atoms with Gasteiger partial charge in [0.25, 0.3) is 5.56 Å². The average Bonchev–Trinajstić information content (AvgIpc) is 2.71. The Morgan fingerprint density at radius 3 is 2.45 bits per heavy atom. The Morgan fingerprint density at radius 1 is 1.10 bits per heavy atom. The third-order valence-corrected chi connectivity index (χ3v) is 4.45. The van der Waals surface area contributed by atoms with Gasteiger partial charge in [0.15, 0.2) is 11.6 Å². The maximum Gasteiger partial charge on any atom is 0.274 e. The molecule has 2 N–H and O–H groups in total. The molecular weight excluding hydrogens is 382 g/mol. The number of likely N-dealkylation sites (N-methyl/N-ethyl adjacent to an activating group) is 1. The Hall–Kier alpha value is -3.62. The molecule has 0 fully saturated rings. The molecule has 0 aliphatic rings. The van der Waals surface area contributed by atoms with Crippen molar-refractivity contribution < 1.29 is 18.4 Å². The summed E-state index contributed by atoms with van der Waals surface area (Å²) in [5.74, 6) is -3.35. The van der Waals surface area contributed by atoms with Gasteiger partial charge < -0.3 is 10.6 Å². The van der Waals surface area contributed by atoms with E-state index in [4.69, 9.17) is 0 Å². The zero-order chi connectivity index (χ0) is 21.1. The maximum atomic E-state index is 13.6. The molecule has 7 nitrogen and oxygen atoms in total. The predicted molar refractivity (Wildman–Crippen MR) is 102 cm³/mol. The molecule has 1 heterocycles. The number of benzene rings is 2. The van der Waals surface area contributed by atoms with Crippen LogP contribution in [0.15, 0.2) is 47.3 Å². The summed E-state index contributed by atoms with van der Waals surface area (Å²) in [5.41, 5.74) is 0.144. The van der Waals surface area contributed by atoms with E-state index in [2.05, 4.69) is 15.7 Å². The number of aryl methyl sites for hydroxylation is 1. The molecule has 0 spiro atoms. The number of nitrogens with zero attached hydrogens (tertiary/aromatic N) is 2. The Labute approximate surface area is 164 Å². The van der Waals surface area contributed by atoms with Crippen molar-refractivity contribution >= 4 is 22.6 Å². The van der Waals surface area contributed by atoms with Gasteiger partial charge in [0.2, 0.25) is 11.8 Å². The highest BCUT2D eigenvalue weighted by Gasteiger charge is 2.24. The number of fused-ring (bicyclic) bond motifs is 1. The summed E-state index contributed by atoms with van der Waals surface area (Å²) in [6.07, 6.45) is -0.216. The zero-order valence-corrected chi connectivity index (χ0v) is 15.7. The van der Waals surface area contributed by atoms with Gasteiger partial charge >= 0.3 is 0 Å². The first-order valence-corrected chi connectivity index (χ1v) is 8.72. The van der Waals surface area contributed by atoms with E-state index in [1.54, 1.807) is 24.3 Å². The second kappa shape index (κ2) is 8.17. The summed E-state index contributed by atoms with van der Waals surface area (Å²) in [6.45, 7) is 0. The highest BCUT2D eigenvalue weighted by Crippen LogP contribution is 2.18. The molecular formula is C20H18F2N4O3. The Balaban J connectivity index is 1.91. The van der Waals surface area contributed by atoms with Crippen molar-refractivity contribution in [2.45, 2.75) is 12.5 Å². The van der Waals surface area contributed by atoms with Gasteiger partial charge in [-0.05, 0) is 23.8 Å². The van der Waals surface area contributed by atoms with Gasteiger partial charge in [-0.1, -0.05) is 24.3 Å². The highest BCUT2D eigenvalue weighted by molar-refractivity contribution is 5.91. The molecule has 1 unspecified atom stereocenters. The number of rotatable bonds is 5. The lowest BCUT2D eigenvalue weighted by Crippen LogP contribution is -2.40. The molecule has 0 aliphatic heterocycles. The average molecular weight is 400 g/mol. The van der Waals surface area contributed by atoms with Gasteiger partial charge in [0.1, 0.15) is 6.04 Å². The molecule has 3 rings (SSSR count). The fourth-order valence-electron chi connectivity index (χ4n) is 3.01. The van der Waals surface area contributed by atoms with Crippen LogP contribution in [0.4, 0.5) is 8.78 Å². The normalized spacial score (nSPS) is 11.9. The van der Waals surface area contributed by atoms with Gasteiger partial charge in [0, 0.05) is 19.5 Å². The van der Waals surface area contributed by atoms with Crippen molar-refractivity contribution in [1.82, 2.24) is 20.4 Å². The molecule has 0 bridgehead atoms. The molecule has 0 aliphatic carbocycles. The van der Waals surface area contributed by atoms with E-state index in [0.717, 1.165) is 16.8 Å². The van der Waals surface area contributed by atoms with Crippen LogP contribution in [0, 0.1) is 11.6 Å². The summed E-state index contributed by atoms with van der Waals surface area (Å²) >= 11 is 0. The molecule has 150 valence electrons. The number of hydrogen-bond acceptors (Lipinski definition) is 4. The third-order valence-electron chi connectivity index (χ3n) is 4.45. The van der Waals surface area contributed by atoms with E-state index in [0.29, 0.717) is 16.5 Å². The minimum atomic E-state index is -1.22. The van der Waals surface area contributed by atoms with Gasteiger partial charge in [-0.2, -0.15) is 5.10 Å². The van der Waals surface area contributed by atoms with E-state index >= 15 is 0 Å². The number of carbonyl (C=O) groups is 2. The predicted octanol–water partition coefficient (Wildman–Crippen LogP) is 1.36. The molecule has 1 atom stereocenters. The van der Waals surface area contributed by atoms with Crippen LogP contribution in [0.5, 0.6) is 0 Å². The van der Waals surface area contributed by atoms with Crippen molar-refractivity contribution in [2.24, 2.45) is 7.05 Å². The number of hydrogen-bond donors (Lipinski definition) is 2. The van der Waals surface area contributed by atoms with E-state index in [-0.39, 0.29) is 17.5 Å². The van der Waals surface area contributed by atoms with Crippen LogP contribution in [0.3, 0.4) is 0 Å². The van der Waals surface area contributed by atoms with Crippen molar-refractivity contribution in [2.75, 3.05) is 7.05 Å². The maximum absolute atomic E-state index is 13.6. The van der Waals surface area contributed by atoms with E-state index in [1.165, 1.54) is 20.2 Å². The zero-order valence-electron chi connectivity index (χ0n) is 15.7. The van der Waals surface area contributed by atoms with E-state index < -0.39 is 29.5 Å². The van der Waals surface area contributed by atoms with Crippen LogP contribution in [0.2, 0.25) is 0 Å². The summed E-state index contributed by atoms with van der Waals surface area (Å²) in [6, 6.07) is 8.48. The Bertz CT molecular complexity index is 1160. The quantitative estimate of drug-likeness (QED) is 0.676. The monoisotopic (exact) mass is 400 g/mol. The summed E-state index contributed by atoms with van der Waals surface area (Å²) in [4.78, 5) is 37.0. The topological polar surface area (TPSA) is 93.1 Å². The fraction of sp³-hybridized carbons (Fsp3) is 0.200. The van der Waals surface area contributed by atoms with Gasteiger partial charge in [-0.3, -0.25) is 14.4 Å². The van der Waals surface area contributed by atoms with Crippen molar-refractivity contribution in [3.8, 4) is 0 Å². The van der Waals surface area contributed by atoms with E-state index in [9.17, 15) is 23.2 Å². The van der Waals surface area contributed by atoms with Gasteiger partial charge in [0.05, 0.1) is 17.5 Å². The number of halogens is 2. The van der Waals surface area contributed by atoms with E-state index in [1.807, 2.05) is 0 Å². The fourth-order valence-corrected chi connectivity index (χ4v) is 3.01. The summed E-state index contributed by atoms with van der Waals surface area (Å²) in [5, 5.41) is 9.97. The molecule has 2 aromatic carbocycles. The second-order valence-corrected chi connectivity index (χ2v) is 6.39. The molecule has 1 aromatic heterocycles. The lowest BCUT2D eigenvalue weighted by atomic mass is 10.0. The van der Waals surface area contributed by atoms with Crippen LogP contribution in [-0.2, 0) is 23.1 Å². The third kappa shape index (κ3) is 4.13. The van der Waals surface area contributed by atoms with Crippen molar-refractivity contribution in [1.29, 1.82) is 0 Å². The second-order valence-electron chi connectivity index (χ2n) is 6.39. The first kappa shape index (κ1) is 20.1. The minimum absolute atomic E-state index is 0.0925. The van der Waals surface area contributed by atoms with Crippen LogP contribution in [-0.4, -0.2) is 28.6 Å². The van der Waals surface area contributed by atoms with Crippen molar-refractivity contribution in [3.63, 3.8) is 0 Å². The number of aromatic nitrogens is 2. The molecule has 0 radical (unpaired) electrons. The summed E-state index contributed by atoms with van der Waals surface area (Å²) < 4.78 is 27.9. The number of carbonyl (C=O) groups excluding carboxylic acids is 2. The lowest BCUT2D eigenvalue weighted by Gasteiger charge is -2.18. The molecule has 9 heteroatoms. The highest BCUT2D eigenvalue weighted by atomic mass is 19.2. The Kier molecular flexibility index (Phi) is 5.67. The lowest BCUT2D eigenvalue weighted by molar-refractivity contribution is -0.128. The van der Waals surface area contributed by atoms with Crippen LogP contribution in [0.25, 0.3) is 10.8 Å². The largest absolute Gasteiger partial charge is 0.357 e. The van der Waals surface area contributed by atoms with Crippen LogP contribution >= 0.6 is 0 Å². The number of amides is 2. The number of nitrogens with one attached hydrogen (secondary N) is 2. The molecule has 29 heavy (non-hydrogen) atoms. The van der Waals surface area contributed by atoms with Crippen molar-refractivity contribution in [3.05, 3.63) is 75.7 Å². The smallest absolute Gasteiger partial charge is 0.274 e. The minimum Gasteiger partial charge on any atom is -0.357 e. The van der Waals surface area contributed by atoms with Crippen LogP contribution < -0.4 is 16.2 Å². The molecule has 2 amide bonds. The van der Waals surface area contributed by atoms with Crippen LogP contribution in [0.1, 0.15) is 17.3 Å². The first-order valence-electron chi connectivity index (χ1n) is 8.72. The SMILES string of the molecule is CNC(=O)C(NC(=O)Cc1nn(C)c(=O)c2ccccc12)c1ccc(F)c(F)c1. The molecule has 0 saturated heterocycles. The molecule has 3 aromatic rings. The molecule has 0 saturated carbocycles. The summed E-state index contributed by atoms with van der Waals surface area (Å²) in [7, 11) is 2.84. The van der Waals surface area contributed by atoms with Gasteiger partial charge in [-0.25, -0.2) is 13.5 Å².